The minimum absolute atomic E-state index is 0.0339. The maximum Gasteiger partial charge on any atom is 0.136 e. The molecular formula is C13H14F2N2S. The van der Waals surface area contributed by atoms with E-state index in [1.807, 2.05) is 13.8 Å². The zero-order valence-corrected chi connectivity index (χ0v) is 11.1. The van der Waals surface area contributed by atoms with Crippen molar-refractivity contribution in [3.05, 3.63) is 40.4 Å². The molecule has 1 aromatic carbocycles. The molecule has 18 heavy (non-hydrogen) atoms. The van der Waals surface area contributed by atoms with Crippen LogP contribution in [0.4, 0.5) is 8.78 Å². The monoisotopic (exact) mass is 268 g/mol. The van der Waals surface area contributed by atoms with E-state index in [1.165, 1.54) is 29.5 Å². The molecule has 0 unspecified atom stereocenters. The molecule has 0 saturated carbocycles. The van der Waals surface area contributed by atoms with Crippen LogP contribution in [0.5, 0.6) is 0 Å². The maximum atomic E-state index is 13.6. The number of hydrogen-bond donors (Lipinski definition) is 1. The van der Waals surface area contributed by atoms with E-state index in [2.05, 4.69) is 10.3 Å². The highest BCUT2D eigenvalue weighted by Gasteiger charge is 2.16. The molecule has 1 N–H and O–H groups in total. The fraction of sp³-hybridized carbons (Fsp3) is 0.308. The number of benzene rings is 1. The Morgan fingerprint density at radius 2 is 1.94 bits per heavy atom. The first kappa shape index (κ1) is 13.1. The maximum absolute atomic E-state index is 13.6. The van der Waals surface area contributed by atoms with E-state index in [-0.39, 0.29) is 5.56 Å². The molecule has 0 amide bonds. The Balaban J connectivity index is 2.40. The van der Waals surface area contributed by atoms with Crippen LogP contribution in [0.1, 0.15) is 17.5 Å². The van der Waals surface area contributed by atoms with Gasteiger partial charge in [-0.2, -0.15) is 0 Å². The summed E-state index contributed by atoms with van der Waals surface area (Å²) in [7, 11) is 0. The Morgan fingerprint density at radius 1 is 1.28 bits per heavy atom. The van der Waals surface area contributed by atoms with Crippen molar-refractivity contribution in [2.24, 2.45) is 0 Å². The van der Waals surface area contributed by atoms with Gasteiger partial charge in [-0.1, -0.05) is 13.0 Å². The Bertz CT molecular complexity index is 532. The van der Waals surface area contributed by atoms with Crippen LogP contribution >= 0.6 is 11.3 Å². The minimum atomic E-state index is -0.571. The van der Waals surface area contributed by atoms with Gasteiger partial charge in [-0.25, -0.2) is 13.8 Å². The topological polar surface area (TPSA) is 24.9 Å². The first-order chi connectivity index (χ1) is 8.63. The summed E-state index contributed by atoms with van der Waals surface area (Å²) in [6, 6.07) is 3.85. The number of aromatic nitrogens is 1. The molecule has 2 nitrogen and oxygen atoms in total. The molecule has 0 fully saturated rings. The summed E-state index contributed by atoms with van der Waals surface area (Å²) in [4.78, 5) is 5.26. The van der Waals surface area contributed by atoms with Crippen molar-refractivity contribution in [2.45, 2.75) is 20.4 Å². The number of halogens is 2. The van der Waals surface area contributed by atoms with Gasteiger partial charge in [0.1, 0.15) is 16.6 Å². The second kappa shape index (κ2) is 5.54. The van der Waals surface area contributed by atoms with Gasteiger partial charge in [0.05, 0.1) is 11.3 Å². The third-order valence-electron chi connectivity index (χ3n) is 2.60. The van der Waals surface area contributed by atoms with Gasteiger partial charge in [0.15, 0.2) is 0 Å². The van der Waals surface area contributed by atoms with Crippen molar-refractivity contribution in [1.82, 2.24) is 10.3 Å². The van der Waals surface area contributed by atoms with Gasteiger partial charge in [-0.05, 0) is 25.6 Å². The minimum Gasteiger partial charge on any atom is -0.312 e. The second-order valence-electron chi connectivity index (χ2n) is 3.90. The smallest absolute Gasteiger partial charge is 0.136 e. The standard InChI is InChI=1S/C13H14F2N2S/c1-3-16-7-11-8(2)17-13(18-11)12-9(14)5-4-6-10(12)15/h4-6,16H,3,7H2,1-2H3. The van der Waals surface area contributed by atoms with E-state index in [9.17, 15) is 8.78 Å². The summed E-state index contributed by atoms with van der Waals surface area (Å²) in [6.07, 6.45) is 0. The van der Waals surface area contributed by atoms with Gasteiger partial charge in [0.2, 0.25) is 0 Å². The van der Waals surface area contributed by atoms with E-state index >= 15 is 0 Å². The Labute approximate surface area is 109 Å². The van der Waals surface area contributed by atoms with Crippen LogP contribution in [0, 0.1) is 18.6 Å². The summed E-state index contributed by atoms with van der Waals surface area (Å²) in [5.74, 6) is -1.14. The molecule has 96 valence electrons. The summed E-state index contributed by atoms with van der Waals surface area (Å²) < 4.78 is 27.3. The van der Waals surface area contributed by atoms with E-state index < -0.39 is 11.6 Å². The average molecular weight is 268 g/mol. The van der Waals surface area contributed by atoms with Crippen molar-refractivity contribution in [3.63, 3.8) is 0 Å². The molecule has 0 radical (unpaired) electrons. The molecular weight excluding hydrogens is 254 g/mol. The van der Waals surface area contributed by atoms with Crippen molar-refractivity contribution in [1.29, 1.82) is 0 Å². The van der Waals surface area contributed by atoms with Gasteiger partial charge in [0.25, 0.3) is 0 Å². The lowest BCUT2D eigenvalue weighted by molar-refractivity contribution is 0.589. The zero-order chi connectivity index (χ0) is 13.1. The second-order valence-corrected chi connectivity index (χ2v) is 4.99. The number of aryl methyl sites for hydroxylation is 1. The predicted octanol–water partition coefficient (Wildman–Crippen LogP) is 3.51. The van der Waals surface area contributed by atoms with Gasteiger partial charge in [0, 0.05) is 11.4 Å². The van der Waals surface area contributed by atoms with Gasteiger partial charge in [-0.15, -0.1) is 11.3 Å². The van der Waals surface area contributed by atoms with Crippen LogP contribution in [-0.4, -0.2) is 11.5 Å². The molecule has 1 heterocycles. The summed E-state index contributed by atoms with van der Waals surface area (Å²) in [5.41, 5.74) is 0.784. The molecule has 5 heteroatoms. The van der Waals surface area contributed by atoms with Crippen LogP contribution in [0.15, 0.2) is 18.2 Å². The molecule has 0 saturated heterocycles. The molecule has 2 aromatic rings. The van der Waals surface area contributed by atoms with Crippen LogP contribution in [-0.2, 0) is 6.54 Å². The molecule has 0 bridgehead atoms. The summed E-state index contributed by atoms with van der Waals surface area (Å²) >= 11 is 1.33. The fourth-order valence-electron chi connectivity index (χ4n) is 1.64. The summed E-state index contributed by atoms with van der Waals surface area (Å²) in [6.45, 7) is 5.38. The first-order valence-corrected chi connectivity index (χ1v) is 6.56. The zero-order valence-electron chi connectivity index (χ0n) is 10.3. The highest BCUT2D eigenvalue weighted by atomic mass is 32.1. The fourth-order valence-corrected chi connectivity index (χ4v) is 2.72. The third kappa shape index (κ3) is 2.57. The molecule has 0 atom stereocenters. The molecule has 2 rings (SSSR count). The Kier molecular flexibility index (Phi) is 4.04. The van der Waals surface area contributed by atoms with E-state index in [1.54, 1.807) is 0 Å². The van der Waals surface area contributed by atoms with Crippen LogP contribution in [0.2, 0.25) is 0 Å². The normalized spacial score (nSPS) is 10.9. The number of nitrogens with one attached hydrogen (secondary N) is 1. The number of nitrogens with zero attached hydrogens (tertiary/aromatic N) is 1. The first-order valence-electron chi connectivity index (χ1n) is 5.75. The highest BCUT2D eigenvalue weighted by Crippen LogP contribution is 2.31. The molecule has 0 spiro atoms. The van der Waals surface area contributed by atoms with Gasteiger partial charge >= 0.3 is 0 Å². The number of rotatable bonds is 4. The van der Waals surface area contributed by atoms with Crippen molar-refractivity contribution >= 4 is 11.3 Å². The lowest BCUT2D eigenvalue weighted by Crippen LogP contribution is -2.11. The molecule has 0 aliphatic rings. The SMILES string of the molecule is CCNCc1sc(-c2c(F)cccc2F)nc1C. The molecule has 1 aromatic heterocycles. The van der Waals surface area contributed by atoms with Crippen molar-refractivity contribution in [2.75, 3.05) is 6.54 Å². The van der Waals surface area contributed by atoms with Crippen LogP contribution in [0.25, 0.3) is 10.6 Å². The summed E-state index contributed by atoms with van der Waals surface area (Å²) in [5, 5.41) is 3.58. The third-order valence-corrected chi connectivity index (χ3v) is 3.78. The lowest BCUT2D eigenvalue weighted by Gasteiger charge is -2.00. The van der Waals surface area contributed by atoms with Crippen LogP contribution < -0.4 is 5.32 Å². The van der Waals surface area contributed by atoms with Gasteiger partial charge < -0.3 is 5.32 Å². The van der Waals surface area contributed by atoms with Crippen molar-refractivity contribution < 1.29 is 8.78 Å². The molecule has 0 aliphatic carbocycles. The Morgan fingerprint density at radius 3 is 2.56 bits per heavy atom. The Hall–Kier alpha value is -1.33. The van der Waals surface area contributed by atoms with E-state index in [0.717, 1.165) is 17.1 Å². The molecule has 0 aliphatic heterocycles. The van der Waals surface area contributed by atoms with Crippen LogP contribution in [0.3, 0.4) is 0 Å². The largest absolute Gasteiger partial charge is 0.312 e. The quantitative estimate of drug-likeness (QED) is 0.918. The van der Waals surface area contributed by atoms with E-state index in [4.69, 9.17) is 0 Å². The predicted molar refractivity (Wildman–Crippen MR) is 69.6 cm³/mol. The highest BCUT2D eigenvalue weighted by molar-refractivity contribution is 7.15. The van der Waals surface area contributed by atoms with E-state index in [0.29, 0.717) is 11.6 Å². The van der Waals surface area contributed by atoms with Crippen molar-refractivity contribution in [3.8, 4) is 10.6 Å². The van der Waals surface area contributed by atoms with Gasteiger partial charge in [-0.3, -0.25) is 0 Å². The number of hydrogen-bond acceptors (Lipinski definition) is 3. The number of thiazole rings is 1. The average Bonchev–Trinajstić information content (AvgIpc) is 2.67. The lowest BCUT2D eigenvalue weighted by atomic mass is 10.2.